The lowest BCUT2D eigenvalue weighted by atomic mass is 9.96. The number of aryl methyl sites for hydroxylation is 2. The summed E-state index contributed by atoms with van der Waals surface area (Å²) >= 11 is 9.53. The number of hydrogen-bond acceptors (Lipinski definition) is 2. The molecule has 4 aromatic rings. The molecule has 0 aliphatic carbocycles. The third kappa shape index (κ3) is 3.83. The first-order valence-electron chi connectivity index (χ1n) is 11.1. The molecule has 0 bridgehead atoms. The van der Waals surface area contributed by atoms with Crippen LogP contribution in [0.3, 0.4) is 0 Å². The van der Waals surface area contributed by atoms with E-state index >= 15 is 0 Å². The minimum absolute atomic E-state index is 0.158. The second kappa shape index (κ2) is 8.96. The Bertz CT molecular complexity index is 1380. The number of thiocarbonyl (C=S) groups is 1. The van der Waals surface area contributed by atoms with Crippen LogP contribution >= 0.6 is 28.1 Å². The maximum Gasteiger partial charge on any atom is 0.174 e. The molecular formula is C27H24BrFN4S. The van der Waals surface area contributed by atoms with E-state index < -0.39 is 0 Å². The van der Waals surface area contributed by atoms with Crippen molar-refractivity contribution < 1.29 is 4.39 Å². The van der Waals surface area contributed by atoms with Gasteiger partial charge in [-0.25, -0.2) is 4.39 Å². The molecule has 1 N–H and O–H groups in total. The molecule has 0 unspecified atom stereocenters. The Labute approximate surface area is 212 Å². The number of rotatable bonds is 4. The van der Waals surface area contributed by atoms with Gasteiger partial charge in [0.2, 0.25) is 0 Å². The van der Waals surface area contributed by atoms with Crippen LogP contribution in [0.2, 0.25) is 0 Å². The third-order valence-electron chi connectivity index (χ3n) is 6.40. The predicted octanol–water partition coefficient (Wildman–Crippen LogP) is 6.88. The van der Waals surface area contributed by atoms with Crippen molar-refractivity contribution in [2.75, 3.05) is 4.90 Å². The molecule has 5 rings (SSSR count). The van der Waals surface area contributed by atoms with E-state index in [1.54, 1.807) is 19.2 Å². The Morgan fingerprint density at radius 1 is 1.00 bits per heavy atom. The summed E-state index contributed by atoms with van der Waals surface area (Å²) in [6.07, 6.45) is 1.80. The zero-order valence-corrected chi connectivity index (χ0v) is 21.5. The minimum atomic E-state index is -0.230. The molecule has 34 heavy (non-hydrogen) atoms. The van der Waals surface area contributed by atoms with E-state index in [4.69, 9.17) is 12.2 Å². The third-order valence-corrected chi connectivity index (χ3v) is 7.39. The second-order valence-electron chi connectivity index (χ2n) is 8.54. The van der Waals surface area contributed by atoms with E-state index in [9.17, 15) is 4.39 Å². The van der Waals surface area contributed by atoms with Crippen LogP contribution in [0, 0.1) is 26.6 Å². The Morgan fingerprint density at radius 3 is 2.47 bits per heavy atom. The summed E-state index contributed by atoms with van der Waals surface area (Å²) in [5.74, 6) is -0.230. The molecular weight excluding hydrogens is 511 g/mol. The van der Waals surface area contributed by atoms with Crippen molar-refractivity contribution in [1.29, 1.82) is 0 Å². The highest BCUT2D eigenvalue weighted by Gasteiger charge is 2.42. The lowest BCUT2D eigenvalue weighted by Crippen LogP contribution is -2.29. The highest BCUT2D eigenvalue weighted by atomic mass is 79.9. The van der Waals surface area contributed by atoms with Crippen molar-refractivity contribution in [3.8, 4) is 5.69 Å². The maximum atomic E-state index is 14.1. The van der Waals surface area contributed by atoms with Crippen LogP contribution in [0.15, 0.2) is 77.4 Å². The first-order chi connectivity index (χ1) is 16.4. The van der Waals surface area contributed by atoms with E-state index in [0.717, 1.165) is 38.5 Å². The number of nitrogens with zero attached hydrogens (tertiary/aromatic N) is 3. The van der Waals surface area contributed by atoms with Gasteiger partial charge in [-0.2, -0.15) is 0 Å². The first-order valence-corrected chi connectivity index (χ1v) is 12.3. The van der Waals surface area contributed by atoms with Gasteiger partial charge in [0.05, 0.1) is 23.5 Å². The molecule has 0 radical (unpaired) electrons. The van der Waals surface area contributed by atoms with Gasteiger partial charge in [0.15, 0.2) is 5.11 Å². The number of aromatic nitrogens is 2. The van der Waals surface area contributed by atoms with Crippen LogP contribution in [0.1, 0.15) is 40.3 Å². The summed E-state index contributed by atoms with van der Waals surface area (Å²) in [5.41, 5.74) is 6.79. The SMILES string of the molecule is Cc1cc(N2C(=S)N[C@H](c3ccccn3)[C@H]2c2cc(C)n(-c3ccccc3Br)c2C)ccc1F. The van der Waals surface area contributed by atoms with Gasteiger partial charge in [0.25, 0.3) is 0 Å². The molecule has 4 nitrogen and oxygen atoms in total. The van der Waals surface area contributed by atoms with Crippen LogP contribution in [0.5, 0.6) is 0 Å². The fraction of sp³-hybridized carbons (Fsp3) is 0.185. The Kier molecular flexibility index (Phi) is 6.00. The molecule has 0 amide bonds. The summed E-state index contributed by atoms with van der Waals surface area (Å²) in [7, 11) is 0. The van der Waals surface area contributed by atoms with Gasteiger partial charge in [-0.3, -0.25) is 4.98 Å². The second-order valence-corrected chi connectivity index (χ2v) is 9.78. The van der Waals surface area contributed by atoms with Crippen molar-refractivity contribution in [1.82, 2.24) is 14.9 Å². The van der Waals surface area contributed by atoms with E-state index in [0.29, 0.717) is 10.7 Å². The summed E-state index contributed by atoms with van der Waals surface area (Å²) in [4.78, 5) is 6.73. The predicted molar refractivity (Wildman–Crippen MR) is 142 cm³/mol. The number of nitrogens with one attached hydrogen (secondary N) is 1. The molecule has 1 aliphatic rings. The molecule has 172 valence electrons. The maximum absolute atomic E-state index is 14.1. The van der Waals surface area contributed by atoms with Gasteiger partial charge in [-0.15, -0.1) is 0 Å². The van der Waals surface area contributed by atoms with Crippen LogP contribution in [0.4, 0.5) is 10.1 Å². The fourth-order valence-electron chi connectivity index (χ4n) is 4.82. The average Bonchev–Trinajstić information content (AvgIpc) is 3.32. The number of pyridine rings is 1. The fourth-order valence-corrected chi connectivity index (χ4v) is 5.63. The summed E-state index contributed by atoms with van der Waals surface area (Å²) < 4.78 is 17.4. The minimum Gasteiger partial charge on any atom is -0.351 e. The van der Waals surface area contributed by atoms with E-state index in [2.05, 4.69) is 61.7 Å². The smallest absolute Gasteiger partial charge is 0.174 e. The normalized spacial score (nSPS) is 17.8. The van der Waals surface area contributed by atoms with Gasteiger partial charge in [-0.05, 0) is 109 Å². The van der Waals surface area contributed by atoms with Crippen LogP contribution in [-0.2, 0) is 0 Å². The lowest BCUT2D eigenvalue weighted by Gasteiger charge is -2.28. The molecule has 2 aromatic carbocycles. The van der Waals surface area contributed by atoms with Crippen molar-refractivity contribution in [3.63, 3.8) is 0 Å². The van der Waals surface area contributed by atoms with Crippen molar-refractivity contribution >= 4 is 38.9 Å². The highest BCUT2D eigenvalue weighted by Crippen LogP contribution is 2.44. The Morgan fingerprint density at radius 2 is 1.76 bits per heavy atom. The summed E-state index contributed by atoms with van der Waals surface area (Å²) in [6.45, 7) is 6.01. The molecule has 0 spiro atoms. The van der Waals surface area contributed by atoms with Crippen molar-refractivity contribution in [2.45, 2.75) is 32.9 Å². The molecule has 7 heteroatoms. The molecule has 1 saturated heterocycles. The number of hydrogen-bond donors (Lipinski definition) is 1. The molecule has 2 atom stereocenters. The van der Waals surface area contributed by atoms with Gasteiger partial charge >= 0.3 is 0 Å². The Balaban J connectivity index is 1.70. The van der Waals surface area contributed by atoms with E-state index in [1.165, 1.54) is 6.07 Å². The standard InChI is InChI=1S/C27H24BrFN4S/c1-16-14-19(11-12-22(16)29)33-26(25(31-27(33)34)23-9-6-7-13-30-23)20-15-17(2)32(18(20)3)24-10-5-4-8-21(24)28/h4-15,25-26H,1-3H3,(H,31,34)/t25-,26-/m1/s1. The molecule has 1 aliphatic heterocycles. The van der Waals surface area contributed by atoms with Gasteiger partial charge in [-0.1, -0.05) is 18.2 Å². The molecule has 2 aromatic heterocycles. The van der Waals surface area contributed by atoms with E-state index in [1.807, 2.05) is 42.5 Å². The topological polar surface area (TPSA) is 33.1 Å². The molecule has 3 heterocycles. The van der Waals surface area contributed by atoms with Crippen molar-refractivity contribution in [3.05, 3.63) is 111 Å². The van der Waals surface area contributed by atoms with Gasteiger partial charge < -0.3 is 14.8 Å². The Hall–Kier alpha value is -3.03. The average molecular weight is 535 g/mol. The van der Waals surface area contributed by atoms with Crippen LogP contribution in [-0.4, -0.2) is 14.7 Å². The highest BCUT2D eigenvalue weighted by molar-refractivity contribution is 9.10. The lowest BCUT2D eigenvalue weighted by molar-refractivity contribution is 0.564. The van der Waals surface area contributed by atoms with Crippen LogP contribution in [0.25, 0.3) is 5.69 Å². The van der Waals surface area contributed by atoms with Gasteiger partial charge in [0.1, 0.15) is 5.82 Å². The molecule has 1 fully saturated rings. The number of halogens is 2. The monoisotopic (exact) mass is 534 g/mol. The number of anilines is 1. The van der Waals surface area contributed by atoms with Crippen LogP contribution < -0.4 is 10.2 Å². The largest absolute Gasteiger partial charge is 0.351 e. The molecule has 0 saturated carbocycles. The first kappa shape index (κ1) is 22.7. The zero-order chi connectivity index (χ0) is 24.0. The quantitative estimate of drug-likeness (QED) is 0.289. The number of para-hydroxylation sites is 1. The van der Waals surface area contributed by atoms with Crippen molar-refractivity contribution in [2.24, 2.45) is 0 Å². The summed E-state index contributed by atoms with van der Waals surface area (Å²) in [5, 5.41) is 4.09. The zero-order valence-electron chi connectivity index (χ0n) is 19.1. The summed E-state index contributed by atoms with van der Waals surface area (Å²) in [6, 6.07) is 21.1. The van der Waals surface area contributed by atoms with Gasteiger partial charge in [0, 0.05) is 27.7 Å². The van der Waals surface area contributed by atoms with E-state index in [-0.39, 0.29) is 17.9 Å². The number of benzene rings is 2.